The summed E-state index contributed by atoms with van der Waals surface area (Å²) in [6.45, 7) is 0. The third kappa shape index (κ3) is 2.37. The quantitative estimate of drug-likeness (QED) is 0.673. The fraction of sp³-hybridized carbons (Fsp3) is 0.0625. The normalized spacial score (nSPS) is 10.8. The predicted molar refractivity (Wildman–Crippen MR) is 88.9 cm³/mol. The Morgan fingerprint density at radius 3 is 2.57 bits per heavy atom. The van der Waals surface area contributed by atoms with Crippen LogP contribution in [0.25, 0.3) is 22.3 Å². The van der Waals surface area contributed by atoms with Crippen LogP contribution in [0.15, 0.2) is 51.7 Å². The Bertz CT molecular complexity index is 869. The number of hydrogen-bond acceptors (Lipinski definition) is 4. The summed E-state index contributed by atoms with van der Waals surface area (Å²) in [5.41, 5.74) is 0.849. The maximum atomic E-state index is 12.3. The molecule has 3 rings (SSSR count). The summed E-state index contributed by atoms with van der Waals surface area (Å²) in [5.74, 6) is 0.781. The van der Waals surface area contributed by atoms with E-state index in [4.69, 9.17) is 9.15 Å². The van der Waals surface area contributed by atoms with Crippen LogP contribution in [0.3, 0.4) is 0 Å². The number of halogens is 1. The molecule has 0 atom stereocenters. The van der Waals surface area contributed by atoms with Crippen molar-refractivity contribution in [3.05, 3.63) is 56.3 Å². The minimum atomic E-state index is -0.284. The summed E-state index contributed by atoms with van der Waals surface area (Å²) in [7, 11) is 1.50. The first-order valence-corrected chi connectivity index (χ1v) is 7.28. The molecule has 0 amide bonds. The van der Waals surface area contributed by atoms with Crippen molar-refractivity contribution in [1.29, 1.82) is 0 Å². The van der Waals surface area contributed by atoms with Gasteiger partial charge in [-0.2, -0.15) is 0 Å². The molecule has 2 aromatic carbocycles. The van der Waals surface area contributed by atoms with Crippen LogP contribution >= 0.6 is 22.6 Å². The first-order chi connectivity index (χ1) is 10.1. The molecule has 0 aliphatic rings. The van der Waals surface area contributed by atoms with Gasteiger partial charge in [0.15, 0.2) is 11.0 Å². The Morgan fingerprint density at radius 1 is 1.19 bits per heavy atom. The van der Waals surface area contributed by atoms with Crippen LogP contribution in [0.4, 0.5) is 0 Å². The van der Waals surface area contributed by atoms with E-state index < -0.39 is 0 Å². The molecule has 0 bridgehead atoms. The highest BCUT2D eigenvalue weighted by atomic mass is 127. The van der Waals surface area contributed by atoms with E-state index in [1.54, 1.807) is 0 Å². The van der Waals surface area contributed by atoms with Crippen molar-refractivity contribution >= 4 is 33.6 Å². The maximum Gasteiger partial charge on any atom is 0.197 e. The highest BCUT2D eigenvalue weighted by molar-refractivity contribution is 14.1. The molecule has 21 heavy (non-hydrogen) atoms. The Hall–Kier alpha value is -2.02. The van der Waals surface area contributed by atoms with Gasteiger partial charge in [0.05, 0.1) is 10.7 Å². The predicted octanol–water partition coefficient (Wildman–Crippen LogP) is 3.78. The van der Waals surface area contributed by atoms with E-state index in [1.165, 1.54) is 19.2 Å². The Labute approximate surface area is 134 Å². The molecular weight excluding hydrogens is 383 g/mol. The molecule has 0 spiro atoms. The van der Waals surface area contributed by atoms with Gasteiger partial charge in [-0.1, -0.05) is 30.3 Å². The zero-order valence-electron chi connectivity index (χ0n) is 11.1. The molecule has 0 saturated heterocycles. The summed E-state index contributed by atoms with van der Waals surface area (Å²) in [6.07, 6.45) is 0. The van der Waals surface area contributed by atoms with Crippen molar-refractivity contribution in [2.24, 2.45) is 0 Å². The Balaban J connectivity index is 2.38. The molecule has 3 aromatic rings. The molecule has 1 aromatic heterocycles. The molecule has 0 radical (unpaired) electrons. The molecule has 5 heteroatoms. The van der Waals surface area contributed by atoms with Crippen LogP contribution in [0, 0.1) is 3.57 Å². The van der Waals surface area contributed by atoms with Crippen molar-refractivity contribution in [3.63, 3.8) is 0 Å². The van der Waals surface area contributed by atoms with Crippen molar-refractivity contribution in [1.82, 2.24) is 0 Å². The lowest BCUT2D eigenvalue weighted by Gasteiger charge is -2.09. The van der Waals surface area contributed by atoms with Gasteiger partial charge >= 0.3 is 0 Å². The second-order valence-electron chi connectivity index (χ2n) is 4.46. The van der Waals surface area contributed by atoms with Crippen LogP contribution in [0.1, 0.15) is 0 Å². The number of rotatable bonds is 2. The number of ether oxygens (including phenoxy) is 1. The number of benzene rings is 2. The van der Waals surface area contributed by atoms with E-state index in [-0.39, 0.29) is 16.6 Å². The standard InChI is InChI=1S/C16H11IO4/c1-20-13-8-11(19)14-10(18)7-12(21-16(14)15(13)17)9-5-3-2-4-6-9/h2-8,19H,1H3. The summed E-state index contributed by atoms with van der Waals surface area (Å²) >= 11 is 2.04. The molecule has 0 aliphatic carbocycles. The number of methoxy groups -OCH3 is 1. The van der Waals surface area contributed by atoms with E-state index in [0.29, 0.717) is 20.7 Å². The van der Waals surface area contributed by atoms with Gasteiger partial charge in [0.25, 0.3) is 0 Å². The summed E-state index contributed by atoms with van der Waals surface area (Å²) in [4.78, 5) is 12.3. The van der Waals surface area contributed by atoms with Crippen LogP contribution in [-0.2, 0) is 0 Å². The van der Waals surface area contributed by atoms with Crippen LogP contribution in [0.5, 0.6) is 11.5 Å². The van der Waals surface area contributed by atoms with Gasteiger partial charge in [-0.25, -0.2) is 0 Å². The zero-order chi connectivity index (χ0) is 15.0. The van der Waals surface area contributed by atoms with E-state index in [1.807, 2.05) is 52.9 Å². The molecule has 4 nitrogen and oxygen atoms in total. The highest BCUT2D eigenvalue weighted by Gasteiger charge is 2.17. The first kappa shape index (κ1) is 13.9. The lowest BCUT2D eigenvalue weighted by molar-refractivity contribution is 0.405. The van der Waals surface area contributed by atoms with Crippen molar-refractivity contribution in [3.8, 4) is 22.8 Å². The highest BCUT2D eigenvalue weighted by Crippen LogP contribution is 2.36. The molecule has 1 N–H and O–H groups in total. The molecule has 0 aliphatic heterocycles. The van der Waals surface area contributed by atoms with Gasteiger partial charge < -0.3 is 14.3 Å². The maximum absolute atomic E-state index is 12.3. The summed E-state index contributed by atoms with van der Waals surface area (Å²) in [6, 6.07) is 12.2. The molecule has 0 fully saturated rings. The molecule has 106 valence electrons. The van der Waals surface area contributed by atoms with E-state index in [2.05, 4.69) is 0 Å². The lowest BCUT2D eigenvalue weighted by atomic mass is 10.1. The number of hydrogen-bond donors (Lipinski definition) is 1. The van der Waals surface area contributed by atoms with E-state index >= 15 is 0 Å². The van der Waals surface area contributed by atoms with Crippen LogP contribution in [0.2, 0.25) is 0 Å². The number of phenolic OH excluding ortho intramolecular Hbond substituents is 1. The smallest absolute Gasteiger partial charge is 0.197 e. The lowest BCUT2D eigenvalue weighted by Crippen LogP contribution is -2.02. The topological polar surface area (TPSA) is 59.7 Å². The van der Waals surface area contributed by atoms with Crippen LogP contribution < -0.4 is 10.2 Å². The summed E-state index contributed by atoms with van der Waals surface area (Å²) in [5, 5.41) is 10.2. The van der Waals surface area contributed by atoms with Crippen molar-refractivity contribution in [2.45, 2.75) is 0 Å². The SMILES string of the molecule is COc1cc(O)c2c(=O)cc(-c3ccccc3)oc2c1I. The second kappa shape index (κ2) is 5.40. The second-order valence-corrected chi connectivity index (χ2v) is 5.54. The average Bonchev–Trinajstić information content (AvgIpc) is 2.51. The first-order valence-electron chi connectivity index (χ1n) is 6.20. The molecular formula is C16H11IO4. The van der Waals surface area contributed by atoms with Crippen molar-refractivity contribution in [2.75, 3.05) is 7.11 Å². The van der Waals surface area contributed by atoms with E-state index in [9.17, 15) is 9.90 Å². The van der Waals surface area contributed by atoms with Crippen LogP contribution in [-0.4, -0.2) is 12.2 Å². The Kier molecular flexibility index (Phi) is 3.59. The van der Waals surface area contributed by atoms with Gasteiger partial charge in [-0.05, 0) is 22.6 Å². The third-order valence-electron chi connectivity index (χ3n) is 3.17. The third-order valence-corrected chi connectivity index (χ3v) is 4.19. The van der Waals surface area contributed by atoms with E-state index in [0.717, 1.165) is 5.56 Å². The van der Waals surface area contributed by atoms with Crippen molar-refractivity contribution < 1.29 is 14.3 Å². The number of fused-ring (bicyclic) bond motifs is 1. The average molecular weight is 394 g/mol. The zero-order valence-corrected chi connectivity index (χ0v) is 13.2. The number of aromatic hydroxyl groups is 1. The molecule has 0 unspecified atom stereocenters. The van der Waals surface area contributed by atoms with Gasteiger partial charge in [0, 0.05) is 17.7 Å². The largest absolute Gasteiger partial charge is 0.507 e. The van der Waals surface area contributed by atoms with Gasteiger partial charge in [-0.15, -0.1) is 0 Å². The minimum absolute atomic E-state index is 0.143. The van der Waals surface area contributed by atoms with Gasteiger partial charge in [-0.3, -0.25) is 4.79 Å². The monoisotopic (exact) mass is 394 g/mol. The fourth-order valence-corrected chi connectivity index (χ4v) is 2.91. The minimum Gasteiger partial charge on any atom is -0.507 e. The van der Waals surface area contributed by atoms with Gasteiger partial charge in [0.1, 0.15) is 22.6 Å². The molecule has 1 heterocycles. The van der Waals surface area contributed by atoms with Gasteiger partial charge in [0.2, 0.25) is 0 Å². The Morgan fingerprint density at radius 2 is 1.90 bits per heavy atom. The summed E-state index contributed by atoms with van der Waals surface area (Å²) < 4.78 is 11.7. The fourth-order valence-electron chi connectivity index (χ4n) is 2.16. The molecule has 0 saturated carbocycles. The number of phenols is 1.